The molecule has 2 rings (SSSR count). The summed E-state index contributed by atoms with van der Waals surface area (Å²) in [4.78, 5) is 20.9. The molecule has 0 radical (unpaired) electrons. The first-order valence-corrected chi connectivity index (χ1v) is 7.20. The number of benzene rings is 1. The fourth-order valence-corrected chi connectivity index (χ4v) is 1.86. The van der Waals surface area contributed by atoms with Crippen molar-refractivity contribution in [3.8, 4) is 11.5 Å². The van der Waals surface area contributed by atoms with Crippen molar-refractivity contribution in [3.63, 3.8) is 0 Å². The minimum Gasteiger partial charge on any atom is -0.444 e. The molecule has 21 heavy (non-hydrogen) atoms. The van der Waals surface area contributed by atoms with E-state index in [1.54, 1.807) is 0 Å². The van der Waals surface area contributed by atoms with E-state index in [4.69, 9.17) is 9.25 Å². The van der Waals surface area contributed by atoms with E-state index in [2.05, 4.69) is 17.4 Å². The van der Waals surface area contributed by atoms with Gasteiger partial charge in [-0.3, -0.25) is 9.63 Å². The molecule has 1 aromatic heterocycles. The second-order valence-electron chi connectivity index (χ2n) is 4.78. The molecular formula is C16H20N2O3. The molecule has 0 aliphatic rings. The van der Waals surface area contributed by atoms with Gasteiger partial charge in [-0.15, -0.1) is 0 Å². The Morgan fingerprint density at radius 1 is 1.29 bits per heavy atom. The summed E-state index contributed by atoms with van der Waals surface area (Å²) in [5, 5.41) is 0. The van der Waals surface area contributed by atoms with Gasteiger partial charge in [-0.2, -0.15) is 0 Å². The maximum Gasteiger partial charge on any atom is 0.243 e. The quantitative estimate of drug-likeness (QED) is 0.596. The third kappa shape index (κ3) is 5.04. The Morgan fingerprint density at radius 2 is 2.10 bits per heavy atom. The number of nitrogens with one attached hydrogen (secondary N) is 1. The van der Waals surface area contributed by atoms with Crippen LogP contribution in [0.5, 0.6) is 0 Å². The smallest absolute Gasteiger partial charge is 0.243 e. The van der Waals surface area contributed by atoms with Gasteiger partial charge in [0.25, 0.3) is 0 Å². The van der Waals surface area contributed by atoms with Crippen LogP contribution in [-0.4, -0.2) is 10.9 Å². The van der Waals surface area contributed by atoms with Gasteiger partial charge in [0.2, 0.25) is 11.8 Å². The Hall–Kier alpha value is -2.14. The molecule has 1 N–H and O–H groups in total. The van der Waals surface area contributed by atoms with E-state index >= 15 is 0 Å². The van der Waals surface area contributed by atoms with Crippen LogP contribution in [0.1, 0.15) is 38.3 Å². The van der Waals surface area contributed by atoms with Crippen LogP contribution in [0.25, 0.3) is 11.5 Å². The van der Waals surface area contributed by atoms with E-state index in [9.17, 15) is 4.79 Å². The monoisotopic (exact) mass is 288 g/mol. The van der Waals surface area contributed by atoms with Crippen LogP contribution >= 0.6 is 0 Å². The first-order valence-electron chi connectivity index (χ1n) is 7.20. The highest BCUT2D eigenvalue weighted by Crippen LogP contribution is 2.17. The Kier molecular flexibility index (Phi) is 5.97. The van der Waals surface area contributed by atoms with Gasteiger partial charge in [-0.1, -0.05) is 38.0 Å². The van der Waals surface area contributed by atoms with Crippen LogP contribution in [0.15, 0.2) is 41.0 Å². The predicted octanol–water partition coefficient (Wildman–Crippen LogP) is 3.47. The first-order chi connectivity index (χ1) is 10.3. The van der Waals surface area contributed by atoms with E-state index in [0.29, 0.717) is 18.0 Å². The predicted molar refractivity (Wildman–Crippen MR) is 79.0 cm³/mol. The van der Waals surface area contributed by atoms with Gasteiger partial charge in [0.05, 0.1) is 0 Å². The highest BCUT2D eigenvalue weighted by Gasteiger charge is 2.07. The maximum absolute atomic E-state index is 11.5. The Morgan fingerprint density at radius 3 is 2.86 bits per heavy atom. The van der Waals surface area contributed by atoms with Crippen LogP contribution in [0, 0.1) is 0 Å². The molecule has 1 aromatic carbocycles. The molecule has 5 heteroatoms. The normalized spacial score (nSPS) is 10.5. The van der Waals surface area contributed by atoms with Gasteiger partial charge >= 0.3 is 0 Å². The number of carbonyl (C=O) groups is 1. The molecule has 2 aromatic rings. The second-order valence-corrected chi connectivity index (χ2v) is 4.78. The van der Waals surface area contributed by atoms with Crippen molar-refractivity contribution in [2.45, 2.75) is 39.2 Å². The second kappa shape index (κ2) is 8.21. The van der Waals surface area contributed by atoms with E-state index in [1.807, 2.05) is 30.3 Å². The van der Waals surface area contributed by atoms with Crippen LogP contribution in [0.4, 0.5) is 0 Å². The summed E-state index contributed by atoms with van der Waals surface area (Å²) >= 11 is 0. The molecule has 0 unspecified atom stereocenters. The van der Waals surface area contributed by atoms with E-state index in [-0.39, 0.29) is 12.5 Å². The fourth-order valence-electron chi connectivity index (χ4n) is 1.86. The molecule has 0 saturated carbocycles. The lowest BCUT2D eigenvalue weighted by molar-refractivity contribution is -0.134. The molecule has 0 spiro atoms. The zero-order valence-electron chi connectivity index (χ0n) is 12.2. The largest absolute Gasteiger partial charge is 0.444 e. The standard InChI is InChI=1S/C16H20N2O3/c1-2-3-5-10-15(19)18-21-12-14-11-20-16(17-14)13-8-6-4-7-9-13/h4,6-9,11H,2-3,5,10,12H2,1H3,(H,18,19). The molecule has 0 bridgehead atoms. The molecule has 0 saturated heterocycles. The minimum absolute atomic E-state index is 0.102. The van der Waals surface area contributed by atoms with Gasteiger partial charge in [-0.05, 0) is 18.6 Å². The number of rotatable bonds is 8. The highest BCUT2D eigenvalue weighted by molar-refractivity contribution is 5.74. The van der Waals surface area contributed by atoms with Crippen molar-refractivity contribution < 1.29 is 14.0 Å². The number of hydroxylamine groups is 1. The van der Waals surface area contributed by atoms with Gasteiger partial charge in [0.15, 0.2) is 0 Å². The van der Waals surface area contributed by atoms with Crippen LogP contribution in [0.2, 0.25) is 0 Å². The first kappa shape index (κ1) is 15.3. The number of hydrogen-bond acceptors (Lipinski definition) is 4. The van der Waals surface area contributed by atoms with E-state index in [0.717, 1.165) is 24.8 Å². The fraction of sp³-hybridized carbons (Fsp3) is 0.375. The average molecular weight is 288 g/mol. The summed E-state index contributed by atoms with van der Waals surface area (Å²) in [6, 6.07) is 9.63. The van der Waals surface area contributed by atoms with Gasteiger partial charge in [0.1, 0.15) is 18.6 Å². The number of oxazole rings is 1. The molecule has 0 aliphatic heterocycles. The van der Waals surface area contributed by atoms with Crippen molar-refractivity contribution in [1.82, 2.24) is 10.5 Å². The molecule has 0 aliphatic carbocycles. The molecule has 112 valence electrons. The van der Waals surface area contributed by atoms with Crippen molar-refractivity contribution in [2.75, 3.05) is 0 Å². The topological polar surface area (TPSA) is 64.4 Å². The Balaban J connectivity index is 1.75. The van der Waals surface area contributed by atoms with Crippen molar-refractivity contribution in [3.05, 3.63) is 42.3 Å². The van der Waals surface area contributed by atoms with E-state index < -0.39 is 0 Å². The summed E-state index contributed by atoms with van der Waals surface area (Å²) in [6.07, 6.45) is 5.05. The summed E-state index contributed by atoms with van der Waals surface area (Å²) in [6.45, 7) is 2.29. The number of unbranched alkanes of at least 4 members (excludes halogenated alkanes) is 2. The summed E-state index contributed by atoms with van der Waals surface area (Å²) < 4.78 is 5.38. The molecule has 0 fully saturated rings. The number of hydrogen-bond donors (Lipinski definition) is 1. The average Bonchev–Trinajstić information content (AvgIpc) is 2.97. The third-order valence-corrected chi connectivity index (χ3v) is 2.99. The van der Waals surface area contributed by atoms with E-state index in [1.165, 1.54) is 6.26 Å². The molecule has 5 nitrogen and oxygen atoms in total. The number of carbonyl (C=O) groups excluding carboxylic acids is 1. The molecule has 0 atom stereocenters. The minimum atomic E-state index is -0.102. The summed E-state index contributed by atoms with van der Waals surface area (Å²) in [5.41, 5.74) is 3.97. The lowest BCUT2D eigenvalue weighted by Crippen LogP contribution is -2.23. The van der Waals surface area contributed by atoms with Gasteiger partial charge in [-0.25, -0.2) is 10.5 Å². The maximum atomic E-state index is 11.5. The zero-order chi connectivity index (χ0) is 14.9. The SMILES string of the molecule is CCCCCC(=O)NOCc1coc(-c2ccccc2)n1. The number of aromatic nitrogens is 1. The lowest BCUT2D eigenvalue weighted by Gasteiger charge is -2.03. The number of nitrogens with zero attached hydrogens (tertiary/aromatic N) is 1. The molecular weight excluding hydrogens is 268 g/mol. The van der Waals surface area contributed by atoms with Gasteiger partial charge in [0, 0.05) is 12.0 Å². The van der Waals surface area contributed by atoms with Gasteiger partial charge < -0.3 is 4.42 Å². The lowest BCUT2D eigenvalue weighted by atomic mass is 10.2. The van der Waals surface area contributed by atoms with Crippen molar-refractivity contribution >= 4 is 5.91 Å². The third-order valence-electron chi connectivity index (χ3n) is 2.99. The van der Waals surface area contributed by atoms with Crippen LogP contribution in [-0.2, 0) is 16.2 Å². The van der Waals surface area contributed by atoms with Crippen LogP contribution in [0.3, 0.4) is 0 Å². The Bertz CT molecular complexity index is 552. The number of amides is 1. The zero-order valence-corrected chi connectivity index (χ0v) is 12.2. The van der Waals surface area contributed by atoms with Crippen LogP contribution < -0.4 is 5.48 Å². The molecule has 1 heterocycles. The molecule has 1 amide bonds. The highest BCUT2D eigenvalue weighted by atomic mass is 16.7. The Labute approximate surface area is 124 Å². The van der Waals surface area contributed by atoms with Crippen molar-refractivity contribution in [1.29, 1.82) is 0 Å². The summed E-state index contributed by atoms with van der Waals surface area (Å²) in [7, 11) is 0. The summed E-state index contributed by atoms with van der Waals surface area (Å²) in [5.74, 6) is 0.443. The van der Waals surface area contributed by atoms with Crippen molar-refractivity contribution in [2.24, 2.45) is 0 Å².